The molecule has 1 aliphatic heterocycles. The van der Waals surface area contributed by atoms with Crippen molar-refractivity contribution < 1.29 is 21.6 Å². The molecule has 2 N–H and O–H groups in total. The minimum absolute atomic E-state index is 0.0191. The van der Waals surface area contributed by atoms with Crippen LogP contribution in [0.25, 0.3) is 0 Å². The lowest BCUT2D eigenvalue weighted by Crippen LogP contribution is -2.53. The van der Waals surface area contributed by atoms with Crippen molar-refractivity contribution in [2.45, 2.75) is 30.3 Å². The highest BCUT2D eigenvalue weighted by Crippen LogP contribution is 2.23. The molecule has 0 amide bonds. The maximum atomic E-state index is 13.1. The first-order valence-electron chi connectivity index (χ1n) is 10.3. The summed E-state index contributed by atoms with van der Waals surface area (Å²) in [5.41, 5.74) is 0.556. The van der Waals surface area contributed by atoms with E-state index in [2.05, 4.69) is 33.9 Å². The Kier molecular flexibility index (Phi) is 9.40. The number of sulfonamides is 1. The average Bonchev–Trinajstić information content (AvgIpc) is 2.77. The second-order valence-electron chi connectivity index (χ2n) is 7.44. The van der Waals surface area contributed by atoms with E-state index in [1.54, 1.807) is 24.2 Å². The van der Waals surface area contributed by atoms with Gasteiger partial charge in [-0.15, -0.1) is 4.41 Å². The quantitative estimate of drug-likeness (QED) is 0.409. The normalized spacial score (nSPS) is 16.6. The Hall–Kier alpha value is -2.48. The molecule has 1 saturated heterocycles. The topological polar surface area (TPSA) is 92.6 Å². The number of halogens is 3. The van der Waals surface area contributed by atoms with Crippen molar-refractivity contribution in [3.63, 3.8) is 0 Å². The molecule has 0 unspecified atom stereocenters. The highest BCUT2D eigenvalue weighted by molar-refractivity contribution is 7.89. The number of nitrogens with one attached hydrogen (secondary N) is 2. The number of anilines is 1. The van der Waals surface area contributed by atoms with Gasteiger partial charge in [-0.1, -0.05) is 6.58 Å². The van der Waals surface area contributed by atoms with Crippen LogP contribution >= 0.6 is 0 Å². The molecule has 1 aromatic rings. The fraction of sp³-hybridized carbons (Fsp3) is 0.500. The zero-order valence-corrected chi connectivity index (χ0v) is 19.6. The average molecular weight is 490 g/mol. The third-order valence-corrected chi connectivity index (χ3v) is 6.82. The lowest BCUT2D eigenvalue weighted by Gasteiger charge is -2.39. The van der Waals surface area contributed by atoms with E-state index in [0.717, 1.165) is 4.41 Å². The number of hydrogen-bond acceptors (Lipinski definition) is 6. The van der Waals surface area contributed by atoms with Crippen molar-refractivity contribution >= 4 is 28.4 Å². The van der Waals surface area contributed by atoms with E-state index in [1.165, 1.54) is 19.2 Å². The van der Waals surface area contributed by atoms with Crippen molar-refractivity contribution in [1.82, 2.24) is 19.6 Å². The summed E-state index contributed by atoms with van der Waals surface area (Å²) in [6.07, 6.45) is -4.40. The molecule has 9 nitrogen and oxygen atoms in total. The molecule has 0 atom stereocenters. The van der Waals surface area contributed by atoms with Crippen LogP contribution in [0.3, 0.4) is 0 Å². The van der Waals surface area contributed by atoms with Crippen LogP contribution in [0.2, 0.25) is 0 Å². The summed E-state index contributed by atoms with van der Waals surface area (Å²) in [6, 6.07) is 6.05. The van der Waals surface area contributed by atoms with E-state index in [4.69, 9.17) is 0 Å². The molecule has 0 saturated carbocycles. The summed E-state index contributed by atoms with van der Waals surface area (Å²) in [6.45, 7) is 8.73. The predicted molar refractivity (Wildman–Crippen MR) is 123 cm³/mol. The second kappa shape index (κ2) is 11.6. The van der Waals surface area contributed by atoms with Gasteiger partial charge >= 0.3 is 6.18 Å². The summed E-state index contributed by atoms with van der Waals surface area (Å²) < 4.78 is 64.5. The van der Waals surface area contributed by atoms with Gasteiger partial charge in [-0.05, 0) is 50.4 Å². The largest absolute Gasteiger partial charge is 0.389 e. The summed E-state index contributed by atoms with van der Waals surface area (Å²) in [5.74, 6) is 0.570. The van der Waals surface area contributed by atoms with Gasteiger partial charge in [0.25, 0.3) is 10.0 Å². The first-order valence-corrected chi connectivity index (χ1v) is 11.7. The van der Waals surface area contributed by atoms with Crippen LogP contribution in [0.15, 0.2) is 51.5 Å². The summed E-state index contributed by atoms with van der Waals surface area (Å²) in [4.78, 5) is 9.75. The minimum atomic E-state index is -4.19. The zero-order valence-electron chi connectivity index (χ0n) is 18.8. The number of alkyl halides is 3. The Morgan fingerprint density at radius 1 is 1.24 bits per heavy atom. The highest BCUT2D eigenvalue weighted by atomic mass is 32.2. The standard InChI is InChI=1S/C20H30F3N7O2S/c1-16(24-2)26-19(25-3)27-17-7-9-18(10-8-17)33(31,32)28(4)30-14-6-13-29(15-30)12-5-11-20(21,22)23/h7-10,24H,1,3,5-6,11-15H2,2,4H3,(H,26,27). The molecule has 0 radical (unpaired) electrons. The van der Waals surface area contributed by atoms with Gasteiger partial charge in [0.2, 0.25) is 5.96 Å². The molecule has 0 bridgehead atoms. The van der Waals surface area contributed by atoms with Crippen molar-refractivity contribution in [2.24, 2.45) is 9.98 Å². The summed E-state index contributed by atoms with van der Waals surface area (Å²) in [5, 5.41) is 7.29. The number of hydrazine groups is 1. The molecule has 1 heterocycles. The Labute approximate surface area is 192 Å². The minimum Gasteiger partial charge on any atom is -0.374 e. The molecule has 0 aromatic heterocycles. The SMILES string of the molecule is C=NC(=NC(=C)NC)Nc1ccc(S(=O)(=O)N(C)N2CCCN(CCCC(F)(F)F)C2)cc1. The van der Waals surface area contributed by atoms with E-state index in [1.807, 2.05) is 4.90 Å². The summed E-state index contributed by atoms with van der Waals surface area (Å²) in [7, 11) is -0.744. The molecule has 2 rings (SSSR count). The van der Waals surface area contributed by atoms with Crippen LogP contribution in [0, 0.1) is 0 Å². The molecule has 1 aromatic carbocycles. The summed E-state index contributed by atoms with van der Waals surface area (Å²) >= 11 is 0. The predicted octanol–water partition coefficient (Wildman–Crippen LogP) is 2.69. The van der Waals surface area contributed by atoms with E-state index < -0.39 is 22.6 Å². The van der Waals surface area contributed by atoms with Gasteiger partial charge in [-0.25, -0.2) is 18.4 Å². The van der Waals surface area contributed by atoms with Crippen molar-refractivity contribution in [1.29, 1.82) is 0 Å². The van der Waals surface area contributed by atoms with Gasteiger partial charge in [-0.2, -0.15) is 18.2 Å². The van der Waals surface area contributed by atoms with Crippen LogP contribution in [-0.4, -0.2) is 82.0 Å². The van der Waals surface area contributed by atoms with Crippen molar-refractivity contribution in [2.75, 3.05) is 45.7 Å². The molecule has 33 heavy (non-hydrogen) atoms. The Morgan fingerprint density at radius 3 is 2.48 bits per heavy atom. The lowest BCUT2D eigenvalue weighted by atomic mass is 10.2. The monoisotopic (exact) mass is 489 g/mol. The van der Waals surface area contributed by atoms with E-state index in [-0.39, 0.29) is 30.5 Å². The molecule has 0 aliphatic carbocycles. The zero-order chi connectivity index (χ0) is 24.6. The van der Waals surface area contributed by atoms with Crippen LogP contribution < -0.4 is 10.6 Å². The molecule has 184 valence electrons. The highest BCUT2D eigenvalue weighted by Gasteiger charge is 2.31. The maximum absolute atomic E-state index is 13.1. The van der Waals surface area contributed by atoms with Gasteiger partial charge in [0, 0.05) is 39.3 Å². The number of rotatable bonds is 9. The van der Waals surface area contributed by atoms with Gasteiger partial charge in [0.05, 0.1) is 11.6 Å². The number of hydrogen-bond donors (Lipinski definition) is 2. The number of guanidine groups is 1. The lowest BCUT2D eigenvalue weighted by molar-refractivity contribution is -0.137. The van der Waals surface area contributed by atoms with Crippen LogP contribution in [0.1, 0.15) is 19.3 Å². The number of benzene rings is 1. The van der Waals surface area contributed by atoms with Gasteiger partial charge in [-0.3, -0.25) is 4.90 Å². The first kappa shape index (κ1) is 26.8. The molecule has 0 spiro atoms. The third-order valence-electron chi connectivity index (χ3n) is 5.02. The fourth-order valence-corrected chi connectivity index (χ4v) is 4.42. The van der Waals surface area contributed by atoms with E-state index in [9.17, 15) is 21.6 Å². The fourth-order valence-electron chi connectivity index (χ4n) is 3.20. The van der Waals surface area contributed by atoms with Gasteiger partial charge in [0.15, 0.2) is 0 Å². The number of aliphatic imine (C=N–C) groups is 2. The Bertz CT molecular complexity index is 949. The third kappa shape index (κ3) is 8.11. The van der Waals surface area contributed by atoms with Crippen LogP contribution in [-0.2, 0) is 10.0 Å². The number of nitrogens with zero attached hydrogens (tertiary/aromatic N) is 5. The molecule has 13 heteroatoms. The maximum Gasteiger partial charge on any atom is 0.389 e. The molecule has 1 aliphatic rings. The van der Waals surface area contributed by atoms with E-state index >= 15 is 0 Å². The Morgan fingerprint density at radius 2 is 1.91 bits per heavy atom. The second-order valence-corrected chi connectivity index (χ2v) is 9.39. The molecular weight excluding hydrogens is 459 g/mol. The van der Waals surface area contributed by atoms with Gasteiger partial charge in [0.1, 0.15) is 5.82 Å². The molecule has 1 fully saturated rings. The van der Waals surface area contributed by atoms with Gasteiger partial charge < -0.3 is 10.6 Å². The smallest absolute Gasteiger partial charge is 0.374 e. The van der Waals surface area contributed by atoms with Crippen LogP contribution in [0.4, 0.5) is 18.9 Å². The van der Waals surface area contributed by atoms with Crippen molar-refractivity contribution in [3.05, 3.63) is 36.7 Å². The van der Waals surface area contributed by atoms with Crippen molar-refractivity contribution in [3.8, 4) is 0 Å². The first-order chi connectivity index (χ1) is 15.5. The Balaban J connectivity index is 2.04. The van der Waals surface area contributed by atoms with E-state index in [0.29, 0.717) is 31.0 Å². The van der Waals surface area contributed by atoms with Crippen LogP contribution in [0.5, 0.6) is 0 Å². The molecular formula is C20H30F3N7O2S.